The number of nitrogens with one attached hydrogen (secondary N) is 1. The van der Waals surface area contributed by atoms with Crippen molar-refractivity contribution in [3.8, 4) is 11.3 Å². The lowest BCUT2D eigenvalue weighted by molar-refractivity contribution is 0.589. The number of imidazole rings is 1. The molecule has 0 bridgehead atoms. The lowest BCUT2D eigenvalue weighted by Gasteiger charge is -2.07. The summed E-state index contributed by atoms with van der Waals surface area (Å²) in [6.45, 7) is 0. The van der Waals surface area contributed by atoms with E-state index in [1.165, 1.54) is 3.97 Å². The van der Waals surface area contributed by atoms with Crippen LogP contribution in [0.2, 0.25) is 0 Å². The standard InChI is InChI=1S/C17H14N4O2S.ClH/c18-17-19-10-15(20-17)14-11-21(16-9-5-4-8-13(14)16)24(22,23)12-6-2-1-3-7-12;/h1-11H,(H3,18,19,20);1H. The smallest absolute Gasteiger partial charge is 0.268 e. The van der Waals surface area contributed by atoms with Gasteiger partial charge in [-0.2, -0.15) is 0 Å². The minimum Gasteiger partial charge on any atom is -0.369 e. The highest BCUT2D eigenvalue weighted by Gasteiger charge is 2.21. The van der Waals surface area contributed by atoms with Gasteiger partial charge in [0.1, 0.15) is 0 Å². The molecule has 0 atom stereocenters. The fraction of sp³-hybridized carbons (Fsp3) is 0. The molecule has 2 aromatic heterocycles. The molecule has 3 N–H and O–H groups in total. The maximum absolute atomic E-state index is 13.0. The second-order valence-electron chi connectivity index (χ2n) is 5.36. The summed E-state index contributed by atoms with van der Waals surface area (Å²) < 4.78 is 27.3. The number of nitrogens with two attached hydrogens (primary N) is 1. The number of hydrogen-bond acceptors (Lipinski definition) is 4. The van der Waals surface area contributed by atoms with Gasteiger partial charge in [0.25, 0.3) is 10.0 Å². The molecule has 0 unspecified atom stereocenters. The van der Waals surface area contributed by atoms with Gasteiger partial charge in [-0.25, -0.2) is 17.4 Å². The van der Waals surface area contributed by atoms with Gasteiger partial charge in [0.05, 0.1) is 22.3 Å². The molecule has 0 amide bonds. The van der Waals surface area contributed by atoms with Crippen LogP contribution >= 0.6 is 12.4 Å². The zero-order chi connectivity index (χ0) is 16.7. The van der Waals surface area contributed by atoms with Crippen LogP contribution in [0.5, 0.6) is 0 Å². The van der Waals surface area contributed by atoms with Crippen LogP contribution in [0, 0.1) is 0 Å². The van der Waals surface area contributed by atoms with Gasteiger partial charge < -0.3 is 10.7 Å². The third kappa shape index (κ3) is 2.77. The Morgan fingerprint density at radius 1 is 1.00 bits per heavy atom. The molecule has 2 aromatic carbocycles. The maximum atomic E-state index is 13.0. The number of fused-ring (bicyclic) bond motifs is 1. The van der Waals surface area contributed by atoms with Crippen molar-refractivity contribution in [2.45, 2.75) is 4.90 Å². The molecular formula is C17H15ClN4O2S. The molecule has 0 aliphatic heterocycles. The first-order valence-electron chi connectivity index (χ1n) is 7.29. The number of nitrogens with zero attached hydrogens (tertiary/aromatic N) is 2. The minimum absolute atomic E-state index is 0. The van der Waals surface area contributed by atoms with Crippen LogP contribution < -0.4 is 5.73 Å². The highest BCUT2D eigenvalue weighted by atomic mass is 35.5. The summed E-state index contributed by atoms with van der Waals surface area (Å²) in [7, 11) is -3.69. The first-order chi connectivity index (χ1) is 11.6. The Morgan fingerprint density at radius 3 is 2.36 bits per heavy atom. The normalized spacial score (nSPS) is 11.4. The van der Waals surface area contributed by atoms with E-state index in [4.69, 9.17) is 5.73 Å². The highest BCUT2D eigenvalue weighted by molar-refractivity contribution is 7.90. The summed E-state index contributed by atoms with van der Waals surface area (Å²) in [4.78, 5) is 7.18. The van der Waals surface area contributed by atoms with Crippen LogP contribution in [0.3, 0.4) is 0 Å². The van der Waals surface area contributed by atoms with E-state index in [1.54, 1.807) is 48.8 Å². The lowest BCUT2D eigenvalue weighted by atomic mass is 10.1. The Kier molecular flexibility index (Phi) is 4.28. The Labute approximate surface area is 150 Å². The minimum atomic E-state index is -3.69. The molecule has 25 heavy (non-hydrogen) atoms. The number of anilines is 1. The molecule has 6 nitrogen and oxygen atoms in total. The van der Waals surface area contributed by atoms with Gasteiger partial charge in [-0.15, -0.1) is 12.4 Å². The molecule has 0 fully saturated rings. The van der Waals surface area contributed by atoms with E-state index < -0.39 is 10.0 Å². The largest absolute Gasteiger partial charge is 0.369 e. The number of benzene rings is 2. The van der Waals surface area contributed by atoms with Crippen molar-refractivity contribution < 1.29 is 8.42 Å². The fourth-order valence-corrected chi connectivity index (χ4v) is 4.13. The van der Waals surface area contributed by atoms with Crippen LogP contribution in [0.15, 0.2) is 71.9 Å². The summed E-state index contributed by atoms with van der Waals surface area (Å²) in [5, 5.41) is 0.806. The summed E-state index contributed by atoms with van der Waals surface area (Å²) in [5.74, 6) is 0.285. The number of H-pyrrole nitrogens is 1. The molecule has 0 aliphatic rings. The predicted molar refractivity (Wildman–Crippen MR) is 100 cm³/mol. The average Bonchev–Trinajstić information content (AvgIpc) is 3.19. The molecule has 4 rings (SSSR count). The van der Waals surface area contributed by atoms with Gasteiger partial charge in [-0.1, -0.05) is 36.4 Å². The van der Waals surface area contributed by atoms with Crippen molar-refractivity contribution >= 4 is 39.3 Å². The SMILES string of the molecule is Cl.Nc1ncc(-c2cn(S(=O)(=O)c3ccccc3)c3ccccc23)[nH]1. The Bertz CT molecular complexity index is 1130. The first kappa shape index (κ1) is 17.1. The maximum Gasteiger partial charge on any atom is 0.268 e. The summed E-state index contributed by atoms with van der Waals surface area (Å²) >= 11 is 0. The molecule has 0 spiro atoms. The zero-order valence-corrected chi connectivity index (χ0v) is 14.6. The number of aromatic amines is 1. The molecule has 128 valence electrons. The third-order valence-corrected chi connectivity index (χ3v) is 5.55. The van der Waals surface area contributed by atoms with Crippen molar-refractivity contribution in [1.82, 2.24) is 13.9 Å². The molecule has 0 radical (unpaired) electrons. The fourth-order valence-electron chi connectivity index (χ4n) is 2.74. The van der Waals surface area contributed by atoms with Crippen LogP contribution in [0.4, 0.5) is 5.95 Å². The number of halogens is 1. The van der Waals surface area contributed by atoms with Crippen molar-refractivity contribution in [2.24, 2.45) is 0 Å². The van der Waals surface area contributed by atoms with Gasteiger partial charge in [-0.05, 0) is 18.2 Å². The highest BCUT2D eigenvalue weighted by Crippen LogP contribution is 2.32. The molecular weight excluding hydrogens is 360 g/mol. The van der Waals surface area contributed by atoms with Crippen molar-refractivity contribution in [3.05, 3.63) is 67.0 Å². The van der Waals surface area contributed by atoms with E-state index in [-0.39, 0.29) is 23.3 Å². The van der Waals surface area contributed by atoms with E-state index in [0.29, 0.717) is 11.2 Å². The quantitative estimate of drug-likeness (QED) is 0.575. The average molecular weight is 375 g/mol. The molecule has 4 aromatic rings. The van der Waals surface area contributed by atoms with E-state index in [2.05, 4.69) is 9.97 Å². The second-order valence-corrected chi connectivity index (χ2v) is 7.17. The van der Waals surface area contributed by atoms with Gasteiger partial charge >= 0.3 is 0 Å². The van der Waals surface area contributed by atoms with Crippen LogP contribution in [0.1, 0.15) is 0 Å². The molecule has 0 aliphatic carbocycles. The van der Waals surface area contributed by atoms with Crippen LogP contribution in [-0.4, -0.2) is 22.4 Å². The van der Waals surface area contributed by atoms with Crippen LogP contribution in [0.25, 0.3) is 22.2 Å². The van der Waals surface area contributed by atoms with E-state index in [0.717, 1.165) is 10.9 Å². The van der Waals surface area contributed by atoms with Gasteiger partial charge in [-0.3, -0.25) is 0 Å². The molecule has 0 saturated heterocycles. The second kappa shape index (κ2) is 6.27. The topological polar surface area (TPSA) is 93.8 Å². The van der Waals surface area contributed by atoms with Gasteiger partial charge in [0, 0.05) is 17.1 Å². The summed E-state index contributed by atoms with van der Waals surface area (Å²) in [6, 6.07) is 15.7. The van der Waals surface area contributed by atoms with E-state index >= 15 is 0 Å². The number of nitrogen functional groups attached to an aromatic ring is 1. The number of para-hydroxylation sites is 1. The van der Waals surface area contributed by atoms with Crippen molar-refractivity contribution in [1.29, 1.82) is 0 Å². The Morgan fingerprint density at radius 2 is 1.68 bits per heavy atom. The van der Waals surface area contributed by atoms with E-state index in [9.17, 15) is 8.42 Å². The zero-order valence-electron chi connectivity index (χ0n) is 13.0. The van der Waals surface area contributed by atoms with Gasteiger partial charge in [0.2, 0.25) is 0 Å². The van der Waals surface area contributed by atoms with Crippen molar-refractivity contribution in [3.63, 3.8) is 0 Å². The lowest BCUT2D eigenvalue weighted by Crippen LogP contribution is -2.11. The predicted octanol–water partition coefficient (Wildman–Crippen LogP) is 3.27. The number of aromatic nitrogens is 3. The molecule has 0 saturated carbocycles. The third-order valence-electron chi connectivity index (χ3n) is 3.86. The number of hydrogen-bond donors (Lipinski definition) is 2. The molecule has 8 heteroatoms. The summed E-state index contributed by atoms with van der Waals surface area (Å²) in [6.07, 6.45) is 3.19. The molecule has 2 heterocycles. The van der Waals surface area contributed by atoms with Crippen molar-refractivity contribution in [2.75, 3.05) is 5.73 Å². The Hall–Kier alpha value is -2.77. The Balaban J connectivity index is 0.00000182. The van der Waals surface area contributed by atoms with Crippen LogP contribution in [-0.2, 0) is 10.0 Å². The first-order valence-corrected chi connectivity index (χ1v) is 8.73. The monoisotopic (exact) mass is 374 g/mol. The van der Waals surface area contributed by atoms with E-state index in [1.807, 2.05) is 18.2 Å². The summed E-state index contributed by atoms with van der Waals surface area (Å²) in [5.41, 5.74) is 7.66. The van der Waals surface area contributed by atoms with Gasteiger partial charge in [0.15, 0.2) is 5.95 Å². The number of rotatable bonds is 3.